The lowest BCUT2D eigenvalue weighted by molar-refractivity contribution is 0.630. The van der Waals surface area contributed by atoms with Gasteiger partial charge in [0, 0.05) is 27.7 Å². The highest BCUT2D eigenvalue weighted by atomic mass is 16.3. The summed E-state index contributed by atoms with van der Waals surface area (Å²) in [6, 6.07) is 73.5. The molecule has 1 aromatic heterocycles. The lowest BCUT2D eigenvalue weighted by Gasteiger charge is -2.34. The van der Waals surface area contributed by atoms with E-state index >= 15 is 0 Å². The average molecular weight is 792 g/mol. The van der Waals surface area contributed by atoms with E-state index in [9.17, 15) is 0 Å². The molecular formula is C60H41NO. The normalized spacial score (nSPS) is 15.6. The minimum absolute atomic E-state index is 0.314. The summed E-state index contributed by atoms with van der Waals surface area (Å²) in [6.07, 6.45) is 5.85. The molecule has 1 unspecified atom stereocenters. The van der Waals surface area contributed by atoms with Gasteiger partial charge >= 0.3 is 0 Å². The molecule has 3 aliphatic carbocycles. The molecule has 292 valence electrons. The van der Waals surface area contributed by atoms with E-state index in [-0.39, 0.29) is 5.41 Å². The molecule has 2 nitrogen and oxygen atoms in total. The number of hydrogen-bond acceptors (Lipinski definition) is 2. The summed E-state index contributed by atoms with van der Waals surface area (Å²) in [5.74, 6) is 0.480. The summed E-state index contributed by atoms with van der Waals surface area (Å²) in [5.41, 5.74) is 20.4. The Labute approximate surface area is 361 Å². The summed E-state index contributed by atoms with van der Waals surface area (Å²) in [5, 5.41) is 4.61. The Balaban J connectivity index is 0.971. The topological polar surface area (TPSA) is 16.4 Å². The van der Waals surface area contributed by atoms with Crippen LogP contribution in [0.4, 0.5) is 17.1 Å². The molecule has 13 rings (SSSR count). The van der Waals surface area contributed by atoms with Crippen molar-refractivity contribution in [2.75, 3.05) is 4.90 Å². The first-order valence-corrected chi connectivity index (χ1v) is 21.8. The third-order valence-electron chi connectivity index (χ3n) is 13.8. The SMILES string of the molecule is CC1C=CC2=C(C1)C1(c3cc(-c4ccc(N(c5ccc6ccccc6c5)c5cccc6c5oc5c(-c7ccccc7)cccc56)cc4)ccc32)c2ccccc2-c2ccccc21. The molecule has 9 aromatic carbocycles. The van der Waals surface area contributed by atoms with Crippen molar-refractivity contribution < 1.29 is 4.42 Å². The first kappa shape index (κ1) is 35.1. The van der Waals surface area contributed by atoms with Crippen molar-refractivity contribution in [1.82, 2.24) is 0 Å². The van der Waals surface area contributed by atoms with Crippen molar-refractivity contribution in [2.24, 2.45) is 5.92 Å². The van der Waals surface area contributed by atoms with Gasteiger partial charge in [-0.1, -0.05) is 183 Å². The number of anilines is 3. The smallest absolute Gasteiger partial charge is 0.159 e. The molecule has 0 radical (unpaired) electrons. The van der Waals surface area contributed by atoms with Gasteiger partial charge in [0.25, 0.3) is 0 Å². The predicted molar refractivity (Wildman–Crippen MR) is 258 cm³/mol. The predicted octanol–water partition coefficient (Wildman–Crippen LogP) is 16.2. The first-order valence-electron chi connectivity index (χ1n) is 21.8. The molecule has 0 bridgehead atoms. The Bertz CT molecular complexity index is 3470. The largest absolute Gasteiger partial charge is 0.453 e. The number of rotatable bonds is 5. The third-order valence-corrected chi connectivity index (χ3v) is 13.8. The zero-order chi connectivity index (χ0) is 40.9. The standard InChI is InChI=1S/C60H41NO/c1-38-25-33-49-50-34-29-43(37-56(50)60(55(49)35-38)53-22-9-7-17-47(53)48-18-8-10-23-54(48)60)40-26-30-44(31-27-40)61(45-32-28-39-13-5-6-16-42(39)36-45)57-24-12-21-52-51-20-11-19-46(58(51)62-59(52)57)41-14-3-2-4-15-41/h2-34,36-38H,35H2,1H3. The van der Waals surface area contributed by atoms with Gasteiger partial charge in [0.15, 0.2) is 5.58 Å². The summed E-state index contributed by atoms with van der Waals surface area (Å²) in [4.78, 5) is 2.36. The molecule has 0 amide bonds. The van der Waals surface area contributed by atoms with Crippen LogP contribution in [0.25, 0.3) is 71.7 Å². The number of fused-ring (bicyclic) bond motifs is 13. The Hall–Kier alpha value is -7.68. The quantitative estimate of drug-likeness (QED) is 0.173. The second-order valence-electron chi connectivity index (χ2n) is 17.3. The second kappa shape index (κ2) is 13.4. The molecule has 10 aromatic rings. The van der Waals surface area contributed by atoms with E-state index in [0.29, 0.717) is 5.92 Å². The third kappa shape index (κ3) is 4.98. The van der Waals surface area contributed by atoms with Crippen LogP contribution in [-0.2, 0) is 5.41 Å². The fourth-order valence-electron chi connectivity index (χ4n) is 11.1. The molecule has 3 aliphatic rings. The number of benzene rings is 9. The zero-order valence-electron chi connectivity index (χ0n) is 34.3. The van der Waals surface area contributed by atoms with Crippen LogP contribution in [0, 0.1) is 5.92 Å². The van der Waals surface area contributed by atoms with Gasteiger partial charge in [0.05, 0.1) is 11.1 Å². The van der Waals surface area contributed by atoms with Crippen molar-refractivity contribution in [2.45, 2.75) is 18.8 Å². The van der Waals surface area contributed by atoms with Crippen molar-refractivity contribution in [3.05, 3.63) is 240 Å². The van der Waals surface area contributed by atoms with Gasteiger partial charge in [-0.05, 0) is 121 Å². The maximum atomic E-state index is 7.01. The molecule has 0 aliphatic heterocycles. The molecule has 0 saturated carbocycles. The Morgan fingerprint density at radius 2 is 1.11 bits per heavy atom. The van der Waals surface area contributed by atoms with Crippen LogP contribution in [0.5, 0.6) is 0 Å². The zero-order valence-corrected chi connectivity index (χ0v) is 34.3. The molecule has 1 spiro atoms. The lowest BCUT2D eigenvalue weighted by atomic mass is 9.67. The Morgan fingerprint density at radius 1 is 0.468 bits per heavy atom. The van der Waals surface area contributed by atoms with Gasteiger partial charge in [-0.2, -0.15) is 0 Å². The second-order valence-corrected chi connectivity index (χ2v) is 17.3. The van der Waals surface area contributed by atoms with Crippen LogP contribution in [0.15, 0.2) is 222 Å². The van der Waals surface area contributed by atoms with Gasteiger partial charge in [-0.3, -0.25) is 0 Å². The number of para-hydroxylation sites is 2. The Kier molecular flexibility index (Phi) is 7.60. The highest BCUT2D eigenvalue weighted by molar-refractivity contribution is 6.13. The number of allylic oxidation sites excluding steroid dienone is 4. The minimum Gasteiger partial charge on any atom is -0.453 e. The minimum atomic E-state index is -0.314. The van der Waals surface area contributed by atoms with Crippen molar-refractivity contribution in [1.29, 1.82) is 0 Å². The van der Waals surface area contributed by atoms with Crippen LogP contribution >= 0.6 is 0 Å². The highest BCUT2D eigenvalue weighted by Gasteiger charge is 2.53. The van der Waals surface area contributed by atoms with E-state index in [1.54, 1.807) is 0 Å². The van der Waals surface area contributed by atoms with Crippen LogP contribution in [0.3, 0.4) is 0 Å². The van der Waals surface area contributed by atoms with Gasteiger partial charge in [-0.15, -0.1) is 0 Å². The molecular weight excluding hydrogens is 751 g/mol. The Morgan fingerprint density at radius 3 is 1.90 bits per heavy atom. The van der Waals surface area contributed by atoms with E-state index in [1.807, 2.05) is 0 Å². The van der Waals surface area contributed by atoms with Crippen LogP contribution < -0.4 is 4.90 Å². The van der Waals surface area contributed by atoms with E-state index in [1.165, 1.54) is 66.4 Å². The maximum absolute atomic E-state index is 7.01. The van der Waals surface area contributed by atoms with E-state index in [4.69, 9.17) is 4.42 Å². The van der Waals surface area contributed by atoms with Crippen LogP contribution in [0.1, 0.15) is 35.6 Å². The van der Waals surface area contributed by atoms with E-state index in [2.05, 4.69) is 224 Å². The van der Waals surface area contributed by atoms with Gasteiger partial charge in [0.2, 0.25) is 0 Å². The number of furan rings is 1. The first-order chi connectivity index (χ1) is 30.6. The van der Waals surface area contributed by atoms with Crippen LogP contribution in [0.2, 0.25) is 0 Å². The molecule has 0 N–H and O–H groups in total. The van der Waals surface area contributed by atoms with Crippen LogP contribution in [-0.4, -0.2) is 0 Å². The van der Waals surface area contributed by atoms with Gasteiger partial charge < -0.3 is 9.32 Å². The maximum Gasteiger partial charge on any atom is 0.159 e. The van der Waals surface area contributed by atoms with E-state index in [0.717, 1.165) is 56.5 Å². The van der Waals surface area contributed by atoms with Crippen molar-refractivity contribution in [3.8, 4) is 33.4 Å². The molecule has 1 atom stereocenters. The molecule has 0 fully saturated rings. The summed E-state index contributed by atoms with van der Waals surface area (Å²) < 4.78 is 7.01. The number of nitrogens with zero attached hydrogens (tertiary/aromatic N) is 1. The van der Waals surface area contributed by atoms with Crippen molar-refractivity contribution in [3.63, 3.8) is 0 Å². The van der Waals surface area contributed by atoms with E-state index < -0.39 is 0 Å². The fourth-order valence-corrected chi connectivity index (χ4v) is 11.1. The average Bonchev–Trinajstić information content (AvgIpc) is 3.96. The summed E-state index contributed by atoms with van der Waals surface area (Å²) in [6.45, 7) is 2.36. The van der Waals surface area contributed by atoms with Gasteiger partial charge in [-0.25, -0.2) is 0 Å². The molecule has 2 heteroatoms. The number of hydrogen-bond donors (Lipinski definition) is 0. The molecule has 1 heterocycles. The summed E-state index contributed by atoms with van der Waals surface area (Å²) in [7, 11) is 0. The highest BCUT2D eigenvalue weighted by Crippen LogP contribution is 2.64. The lowest BCUT2D eigenvalue weighted by Crippen LogP contribution is -2.28. The molecule has 0 saturated heterocycles. The summed E-state index contributed by atoms with van der Waals surface area (Å²) >= 11 is 0. The monoisotopic (exact) mass is 791 g/mol. The molecule has 62 heavy (non-hydrogen) atoms. The van der Waals surface area contributed by atoms with Gasteiger partial charge in [0.1, 0.15) is 5.58 Å². The van der Waals surface area contributed by atoms with Crippen molar-refractivity contribution >= 4 is 55.3 Å². The fraction of sp³-hybridized carbons (Fsp3) is 0.0667.